The zero-order valence-corrected chi connectivity index (χ0v) is 11.4. The number of anilines is 1. The number of hydrogen-bond donors (Lipinski definition) is 1. The highest BCUT2D eigenvalue weighted by molar-refractivity contribution is 9.10. The van der Waals surface area contributed by atoms with E-state index in [2.05, 4.69) is 21.2 Å². The summed E-state index contributed by atoms with van der Waals surface area (Å²) in [4.78, 5) is 9.88. The van der Waals surface area contributed by atoms with Gasteiger partial charge in [0, 0.05) is 15.2 Å². The average molecular weight is 332 g/mol. The van der Waals surface area contributed by atoms with Crippen molar-refractivity contribution < 1.29 is 9.34 Å². The van der Waals surface area contributed by atoms with Gasteiger partial charge in [-0.15, -0.1) is 0 Å². The van der Waals surface area contributed by atoms with Gasteiger partial charge in [-0.2, -0.15) is 0 Å². The molecule has 5 nitrogen and oxygen atoms in total. The maximum atomic E-state index is 10.4. The summed E-state index contributed by atoms with van der Waals surface area (Å²) in [7, 11) is 0. The molecule has 2 aromatic rings. The van der Waals surface area contributed by atoms with Crippen LogP contribution >= 0.6 is 27.5 Å². The van der Waals surface area contributed by atoms with Crippen molar-refractivity contribution in [1.29, 1.82) is 0 Å². The largest absolute Gasteiger partial charge is 0.433 e. The van der Waals surface area contributed by atoms with Gasteiger partial charge in [0.1, 0.15) is 10.7 Å². The van der Waals surface area contributed by atoms with Gasteiger partial charge in [0.05, 0.1) is 12.6 Å². The third kappa shape index (κ3) is 3.02. The number of furan rings is 1. The fraction of sp³-hybridized carbons (Fsp3) is 0.0909. The van der Waals surface area contributed by atoms with Gasteiger partial charge >= 0.3 is 5.88 Å². The molecule has 0 radical (unpaired) electrons. The van der Waals surface area contributed by atoms with E-state index >= 15 is 0 Å². The number of nitrogens with zero attached hydrogens (tertiary/aromatic N) is 1. The van der Waals surface area contributed by atoms with Crippen LogP contribution in [0.1, 0.15) is 5.76 Å². The second-order valence-corrected chi connectivity index (χ2v) is 4.77. The van der Waals surface area contributed by atoms with Crippen LogP contribution in [0.25, 0.3) is 0 Å². The van der Waals surface area contributed by atoms with Gasteiger partial charge in [-0.3, -0.25) is 10.1 Å². The van der Waals surface area contributed by atoms with Crippen molar-refractivity contribution in [1.82, 2.24) is 0 Å². The molecule has 7 heteroatoms. The summed E-state index contributed by atoms with van der Waals surface area (Å²) in [6.07, 6.45) is 0. The number of halogens is 2. The molecule has 1 N–H and O–H groups in total. The second kappa shape index (κ2) is 5.41. The maximum Gasteiger partial charge on any atom is 0.433 e. The minimum atomic E-state index is -0.568. The molecule has 1 aromatic carbocycles. The monoisotopic (exact) mass is 330 g/mol. The number of nitro groups is 1. The molecule has 0 unspecified atom stereocenters. The molecule has 0 fully saturated rings. The SMILES string of the molecule is O=[N+]([O-])c1ccc(CNc2ccc(Cl)cc2Br)o1. The Balaban J connectivity index is 2.04. The van der Waals surface area contributed by atoms with Gasteiger partial charge in [-0.1, -0.05) is 11.6 Å². The van der Waals surface area contributed by atoms with Crippen molar-refractivity contribution in [3.8, 4) is 0 Å². The van der Waals surface area contributed by atoms with E-state index in [-0.39, 0.29) is 5.88 Å². The van der Waals surface area contributed by atoms with Gasteiger partial charge < -0.3 is 9.73 Å². The third-order valence-corrected chi connectivity index (χ3v) is 3.10. The van der Waals surface area contributed by atoms with Gasteiger partial charge in [0.25, 0.3) is 0 Å². The zero-order chi connectivity index (χ0) is 13.1. The highest BCUT2D eigenvalue weighted by atomic mass is 79.9. The molecule has 0 spiro atoms. The van der Waals surface area contributed by atoms with Crippen molar-refractivity contribution in [2.24, 2.45) is 0 Å². The van der Waals surface area contributed by atoms with Crippen molar-refractivity contribution in [3.63, 3.8) is 0 Å². The molecule has 94 valence electrons. The Hall–Kier alpha value is -1.53. The highest BCUT2D eigenvalue weighted by Crippen LogP contribution is 2.26. The Kier molecular flexibility index (Phi) is 3.88. The van der Waals surface area contributed by atoms with Gasteiger partial charge in [0.2, 0.25) is 0 Å². The molecule has 0 aliphatic heterocycles. The molecule has 2 rings (SSSR count). The zero-order valence-electron chi connectivity index (χ0n) is 9.02. The first kappa shape index (κ1) is 12.9. The maximum absolute atomic E-state index is 10.4. The summed E-state index contributed by atoms with van der Waals surface area (Å²) >= 11 is 9.18. The molecule has 0 bridgehead atoms. The molecule has 1 heterocycles. The first-order chi connectivity index (χ1) is 8.56. The van der Waals surface area contributed by atoms with Crippen molar-refractivity contribution in [3.05, 3.63) is 55.7 Å². The van der Waals surface area contributed by atoms with E-state index in [4.69, 9.17) is 16.0 Å². The van der Waals surface area contributed by atoms with Crippen LogP contribution in [-0.2, 0) is 6.54 Å². The quantitative estimate of drug-likeness (QED) is 0.673. The predicted octanol–water partition coefficient (Wildman–Crippen LogP) is 4.22. The van der Waals surface area contributed by atoms with Crippen LogP contribution in [0.2, 0.25) is 5.02 Å². The van der Waals surface area contributed by atoms with Crippen molar-refractivity contribution in [2.45, 2.75) is 6.54 Å². The summed E-state index contributed by atoms with van der Waals surface area (Å²) in [6.45, 7) is 0.355. The van der Waals surface area contributed by atoms with Crippen LogP contribution in [0.4, 0.5) is 11.6 Å². The molecule has 0 saturated carbocycles. The van der Waals surface area contributed by atoms with E-state index in [1.807, 2.05) is 6.07 Å². The van der Waals surface area contributed by atoms with Crippen LogP contribution in [0.5, 0.6) is 0 Å². The molecular formula is C11H8BrClN2O3. The van der Waals surface area contributed by atoms with E-state index in [0.717, 1.165) is 10.2 Å². The van der Waals surface area contributed by atoms with E-state index in [0.29, 0.717) is 17.3 Å². The standard InChI is InChI=1S/C11H8BrClN2O3/c12-9-5-7(13)1-3-10(9)14-6-8-2-4-11(18-8)15(16)17/h1-5,14H,6H2. The molecule has 18 heavy (non-hydrogen) atoms. The van der Waals surface area contributed by atoms with Crippen LogP contribution < -0.4 is 5.32 Å². The topological polar surface area (TPSA) is 68.3 Å². The van der Waals surface area contributed by atoms with Crippen LogP contribution in [0.15, 0.2) is 39.2 Å². The van der Waals surface area contributed by atoms with Gasteiger partial charge in [-0.25, -0.2) is 0 Å². The Morgan fingerprint density at radius 3 is 2.78 bits per heavy atom. The van der Waals surface area contributed by atoms with E-state index < -0.39 is 4.92 Å². The Morgan fingerprint density at radius 2 is 2.17 bits per heavy atom. The van der Waals surface area contributed by atoms with E-state index in [9.17, 15) is 10.1 Å². The van der Waals surface area contributed by atoms with Gasteiger partial charge in [-0.05, 0) is 40.2 Å². The molecule has 0 aliphatic carbocycles. The lowest BCUT2D eigenvalue weighted by Gasteiger charge is -2.06. The van der Waals surface area contributed by atoms with E-state index in [1.54, 1.807) is 18.2 Å². The lowest BCUT2D eigenvalue weighted by atomic mass is 10.3. The fourth-order valence-corrected chi connectivity index (χ4v) is 2.20. The molecule has 0 atom stereocenters. The van der Waals surface area contributed by atoms with Crippen molar-refractivity contribution in [2.75, 3.05) is 5.32 Å². The smallest absolute Gasteiger partial charge is 0.404 e. The minimum absolute atomic E-state index is 0.262. The normalized spacial score (nSPS) is 10.3. The van der Waals surface area contributed by atoms with Gasteiger partial charge in [0.15, 0.2) is 0 Å². The predicted molar refractivity (Wildman–Crippen MR) is 71.8 cm³/mol. The number of benzene rings is 1. The fourth-order valence-electron chi connectivity index (χ4n) is 1.37. The number of rotatable bonds is 4. The summed E-state index contributed by atoms with van der Waals surface area (Å²) in [5, 5.41) is 14.2. The summed E-state index contributed by atoms with van der Waals surface area (Å²) < 4.78 is 5.84. The Bertz CT molecular complexity index is 585. The molecule has 0 amide bonds. The number of hydrogen-bond acceptors (Lipinski definition) is 4. The first-order valence-electron chi connectivity index (χ1n) is 4.98. The first-order valence-corrected chi connectivity index (χ1v) is 6.15. The third-order valence-electron chi connectivity index (χ3n) is 2.21. The minimum Gasteiger partial charge on any atom is -0.404 e. The van der Waals surface area contributed by atoms with Crippen molar-refractivity contribution >= 4 is 39.1 Å². The van der Waals surface area contributed by atoms with E-state index in [1.165, 1.54) is 6.07 Å². The Labute approximate surface area is 116 Å². The molecule has 0 aliphatic rings. The van der Waals surface area contributed by atoms with Crippen LogP contribution in [0, 0.1) is 10.1 Å². The summed E-state index contributed by atoms with van der Waals surface area (Å²) in [6, 6.07) is 8.21. The summed E-state index contributed by atoms with van der Waals surface area (Å²) in [5.41, 5.74) is 0.832. The van der Waals surface area contributed by atoms with Crippen LogP contribution in [-0.4, -0.2) is 4.92 Å². The average Bonchev–Trinajstić information content (AvgIpc) is 2.76. The second-order valence-electron chi connectivity index (χ2n) is 3.47. The Morgan fingerprint density at radius 1 is 1.39 bits per heavy atom. The lowest BCUT2D eigenvalue weighted by Crippen LogP contribution is -1.98. The van der Waals surface area contributed by atoms with Crippen LogP contribution in [0.3, 0.4) is 0 Å². The molecule has 0 saturated heterocycles. The summed E-state index contributed by atoms with van der Waals surface area (Å²) in [5.74, 6) is 0.227. The molecular weight excluding hydrogens is 323 g/mol. The molecule has 1 aromatic heterocycles. The lowest BCUT2D eigenvalue weighted by molar-refractivity contribution is -0.402. The number of nitrogens with one attached hydrogen (secondary N) is 1. The highest BCUT2D eigenvalue weighted by Gasteiger charge is 2.11.